The second-order valence-electron chi connectivity index (χ2n) is 4.30. The molecule has 1 fully saturated rings. The van der Waals surface area contributed by atoms with Gasteiger partial charge in [0.15, 0.2) is 0 Å². The third-order valence-electron chi connectivity index (χ3n) is 3.18. The Kier molecular flexibility index (Phi) is 2.35. The van der Waals surface area contributed by atoms with Gasteiger partial charge in [0.05, 0.1) is 17.3 Å². The third-order valence-corrected chi connectivity index (χ3v) is 4.12. The Bertz CT molecular complexity index is 699. The van der Waals surface area contributed by atoms with Crippen molar-refractivity contribution < 1.29 is 22.9 Å². The van der Waals surface area contributed by atoms with Crippen molar-refractivity contribution >= 4 is 16.1 Å². The number of carboxylic acid groups (broad SMARTS) is 1. The Labute approximate surface area is 109 Å². The molecule has 3 heterocycles. The Morgan fingerprint density at radius 1 is 1.47 bits per heavy atom. The number of hydrogen-bond donors (Lipinski definition) is 3. The van der Waals surface area contributed by atoms with Crippen molar-refractivity contribution in [3.8, 4) is 0 Å². The maximum absolute atomic E-state index is 11.5. The number of nitrogens with zero attached hydrogens (tertiary/aromatic N) is 1. The molecule has 0 bridgehead atoms. The van der Waals surface area contributed by atoms with Gasteiger partial charge in [-0.05, 0) is 18.2 Å². The van der Waals surface area contributed by atoms with E-state index >= 15 is 0 Å². The fraction of sp³-hybridized carbons (Fsp3) is 0.182. The molecular weight excluding hydrogens is 272 g/mol. The van der Waals surface area contributed by atoms with Gasteiger partial charge in [-0.3, -0.25) is 4.55 Å². The van der Waals surface area contributed by atoms with Crippen LogP contribution in [0, 0.1) is 0 Å². The summed E-state index contributed by atoms with van der Waals surface area (Å²) >= 11 is 0. The minimum atomic E-state index is -4.63. The lowest BCUT2D eigenvalue weighted by molar-refractivity contribution is -0.132. The van der Waals surface area contributed by atoms with Gasteiger partial charge in [0, 0.05) is 6.54 Å². The van der Waals surface area contributed by atoms with Gasteiger partial charge in [-0.25, -0.2) is 4.79 Å². The smallest absolute Gasteiger partial charge is 0.336 e. The molecule has 0 aromatic rings. The zero-order valence-electron chi connectivity index (χ0n) is 9.57. The van der Waals surface area contributed by atoms with E-state index in [4.69, 9.17) is 5.11 Å². The van der Waals surface area contributed by atoms with Crippen LogP contribution < -0.4 is 5.32 Å². The Hall–Kier alpha value is -2.06. The first-order valence-corrected chi connectivity index (χ1v) is 6.92. The molecule has 1 atom stereocenters. The van der Waals surface area contributed by atoms with Gasteiger partial charge in [-0.2, -0.15) is 8.42 Å². The molecule has 1 saturated heterocycles. The lowest BCUT2D eigenvalue weighted by Gasteiger charge is -2.32. The quantitative estimate of drug-likeness (QED) is 0.602. The first-order chi connectivity index (χ1) is 8.89. The van der Waals surface area contributed by atoms with Crippen LogP contribution in [0.4, 0.5) is 0 Å². The highest BCUT2D eigenvalue weighted by molar-refractivity contribution is 7.90. The van der Waals surface area contributed by atoms with Gasteiger partial charge < -0.3 is 15.3 Å². The summed E-state index contributed by atoms with van der Waals surface area (Å²) in [7, 11) is -4.63. The molecule has 100 valence electrons. The molecule has 19 heavy (non-hydrogen) atoms. The highest BCUT2D eigenvalue weighted by Gasteiger charge is 2.41. The van der Waals surface area contributed by atoms with E-state index < -0.39 is 26.6 Å². The zero-order valence-corrected chi connectivity index (χ0v) is 10.4. The number of allylic oxidation sites excluding steroid dienone is 3. The molecule has 3 rings (SSSR count). The summed E-state index contributed by atoms with van der Waals surface area (Å²) in [5, 5.41) is 12.2. The molecule has 0 spiro atoms. The lowest BCUT2D eigenvalue weighted by atomic mass is 10.0. The van der Waals surface area contributed by atoms with Crippen molar-refractivity contribution in [3.63, 3.8) is 0 Å². The molecule has 0 aromatic heterocycles. The van der Waals surface area contributed by atoms with E-state index in [2.05, 4.69) is 5.32 Å². The van der Waals surface area contributed by atoms with Crippen LogP contribution in [-0.2, 0) is 14.9 Å². The van der Waals surface area contributed by atoms with E-state index in [0.29, 0.717) is 12.4 Å². The topological polar surface area (TPSA) is 107 Å². The van der Waals surface area contributed by atoms with E-state index in [1.54, 1.807) is 17.1 Å². The number of aliphatic carboxylic acids is 1. The molecule has 8 heteroatoms. The Morgan fingerprint density at radius 2 is 2.21 bits per heavy atom. The van der Waals surface area contributed by atoms with E-state index in [-0.39, 0.29) is 11.7 Å². The minimum Gasteiger partial charge on any atom is -0.478 e. The fourth-order valence-electron chi connectivity index (χ4n) is 2.49. The molecule has 0 radical (unpaired) electrons. The summed E-state index contributed by atoms with van der Waals surface area (Å²) in [5.41, 5.74) is -0.219. The van der Waals surface area contributed by atoms with Crippen LogP contribution in [0.2, 0.25) is 0 Å². The van der Waals surface area contributed by atoms with Crippen LogP contribution >= 0.6 is 0 Å². The summed E-state index contributed by atoms with van der Waals surface area (Å²) < 4.78 is 32.3. The third kappa shape index (κ3) is 1.68. The molecule has 0 aromatic carbocycles. The summed E-state index contributed by atoms with van der Waals surface area (Å²) in [6.45, 7) is 0.479. The predicted octanol–water partition coefficient (Wildman–Crippen LogP) is -0.205. The first-order valence-electron chi connectivity index (χ1n) is 5.48. The van der Waals surface area contributed by atoms with Crippen LogP contribution in [0.15, 0.2) is 46.3 Å². The molecular formula is C11H10N2O5S. The second kappa shape index (κ2) is 3.72. The SMILES string of the molecule is O=C(O)C1=CC2CNC3=CC=CC(=C1S(=O)(=O)O)N32. The summed E-state index contributed by atoms with van der Waals surface area (Å²) in [4.78, 5) is 12.3. The average Bonchev–Trinajstić information content (AvgIpc) is 2.72. The largest absolute Gasteiger partial charge is 0.478 e. The number of carbonyl (C=O) groups is 1. The molecule has 0 aliphatic carbocycles. The monoisotopic (exact) mass is 282 g/mol. The van der Waals surface area contributed by atoms with Crippen molar-refractivity contribution in [1.82, 2.24) is 10.2 Å². The molecule has 1 unspecified atom stereocenters. The van der Waals surface area contributed by atoms with Crippen LogP contribution in [0.3, 0.4) is 0 Å². The maximum atomic E-state index is 11.5. The van der Waals surface area contributed by atoms with Gasteiger partial charge in [-0.15, -0.1) is 0 Å². The Morgan fingerprint density at radius 3 is 2.84 bits per heavy atom. The number of rotatable bonds is 2. The van der Waals surface area contributed by atoms with Crippen LogP contribution in [0.25, 0.3) is 0 Å². The first kappa shape index (κ1) is 12.0. The highest BCUT2D eigenvalue weighted by atomic mass is 32.2. The van der Waals surface area contributed by atoms with Gasteiger partial charge in [-0.1, -0.05) is 6.08 Å². The summed E-state index contributed by atoms with van der Waals surface area (Å²) in [6, 6.07) is -0.275. The van der Waals surface area contributed by atoms with Crippen LogP contribution in [0.5, 0.6) is 0 Å². The summed E-state index contributed by atoms with van der Waals surface area (Å²) in [5.74, 6) is -0.694. The second-order valence-corrected chi connectivity index (χ2v) is 5.66. The zero-order chi connectivity index (χ0) is 13.8. The maximum Gasteiger partial charge on any atom is 0.336 e. The molecule has 3 N–H and O–H groups in total. The van der Waals surface area contributed by atoms with Crippen molar-refractivity contribution in [3.05, 3.63) is 46.3 Å². The van der Waals surface area contributed by atoms with Crippen molar-refractivity contribution in [2.45, 2.75) is 6.04 Å². The van der Waals surface area contributed by atoms with Gasteiger partial charge in [0.1, 0.15) is 10.7 Å². The van der Waals surface area contributed by atoms with E-state index in [9.17, 15) is 17.8 Å². The van der Waals surface area contributed by atoms with Crippen LogP contribution in [0.1, 0.15) is 0 Å². The van der Waals surface area contributed by atoms with Gasteiger partial charge in [0.2, 0.25) is 0 Å². The molecule has 3 aliphatic rings. The predicted molar refractivity (Wildman–Crippen MR) is 65.1 cm³/mol. The number of hydrogen-bond acceptors (Lipinski definition) is 5. The van der Waals surface area contributed by atoms with Crippen molar-refractivity contribution in [2.24, 2.45) is 0 Å². The number of carboxylic acids is 1. The number of nitrogens with one attached hydrogen (secondary N) is 1. The van der Waals surface area contributed by atoms with E-state index in [1.165, 1.54) is 12.2 Å². The highest BCUT2D eigenvalue weighted by Crippen LogP contribution is 2.37. The average molecular weight is 282 g/mol. The van der Waals surface area contributed by atoms with Gasteiger partial charge >= 0.3 is 5.97 Å². The molecule has 7 nitrogen and oxygen atoms in total. The molecule has 0 saturated carbocycles. The fourth-order valence-corrected chi connectivity index (χ4v) is 3.35. The summed E-state index contributed by atoms with van der Waals surface area (Å²) in [6.07, 6.45) is 6.17. The van der Waals surface area contributed by atoms with Gasteiger partial charge in [0.25, 0.3) is 10.1 Å². The Balaban J connectivity index is 2.29. The van der Waals surface area contributed by atoms with E-state index in [0.717, 1.165) is 0 Å². The molecule has 3 aliphatic heterocycles. The normalized spacial score (nSPS) is 24.7. The van der Waals surface area contributed by atoms with Crippen LogP contribution in [-0.4, -0.2) is 41.5 Å². The van der Waals surface area contributed by atoms with E-state index in [1.807, 2.05) is 0 Å². The standard InChI is InChI=1S/C11H10N2O5S/c14-11(15)7-4-6-5-12-9-3-1-2-8(13(6)9)10(7)19(16,17)18/h1-4,6,12H,5H2,(H,14,15)(H,16,17,18). The lowest BCUT2D eigenvalue weighted by Crippen LogP contribution is -2.35. The van der Waals surface area contributed by atoms with Crippen molar-refractivity contribution in [1.29, 1.82) is 0 Å². The molecule has 0 amide bonds. The van der Waals surface area contributed by atoms with Crippen molar-refractivity contribution in [2.75, 3.05) is 6.54 Å². The minimum absolute atomic E-state index is 0.176.